The summed E-state index contributed by atoms with van der Waals surface area (Å²) in [6.07, 6.45) is 0. The van der Waals surface area contributed by atoms with E-state index in [1.54, 1.807) is 12.1 Å². The van der Waals surface area contributed by atoms with Crippen LogP contribution >= 0.6 is 12.4 Å². The number of nitrogens with one attached hydrogen (secondary N) is 1. The molecule has 0 aliphatic carbocycles. The van der Waals surface area contributed by atoms with Crippen LogP contribution in [-0.2, 0) is 0 Å². The van der Waals surface area contributed by atoms with Crippen molar-refractivity contribution < 1.29 is 4.39 Å². The van der Waals surface area contributed by atoms with Gasteiger partial charge in [0, 0.05) is 31.6 Å². The Balaban J connectivity index is 0.00000133. The molecule has 102 valence electrons. The largest absolute Gasteiger partial charge is 0.354 e. The lowest BCUT2D eigenvalue weighted by molar-refractivity contribution is 0.585. The second kappa shape index (κ2) is 5.72. The Hall–Kier alpha value is -1.39. The van der Waals surface area contributed by atoms with Crippen molar-refractivity contribution in [3.8, 4) is 0 Å². The summed E-state index contributed by atoms with van der Waals surface area (Å²) in [5.41, 5.74) is 1.94. The van der Waals surface area contributed by atoms with Gasteiger partial charge in [0.2, 0.25) is 0 Å². The van der Waals surface area contributed by atoms with Crippen LogP contribution in [0.1, 0.15) is 5.56 Å². The van der Waals surface area contributed by atoms with Gasteiger partial charge in [-0.15, -0.1) is 12.4 Å². The second-order valence-corrected chi connectivity index (χ2v) is 4.70. The van der Waals surface area contributed by atoms with Crippen LogP contribution in [0.2, 0.25) is 0 Å². The first-order valence-corrected chi connectivity index (χ1v) is 6.26. The molecule has 2 heterocycles. The van der Waals surface area contributed by atoms with E-state index in [0.29, 0.717) is 0 Å². The van der Waals surface area contributed by atoms with Crippen LogP contribution in [0.25, 0.3) is 10.9 Å². The highest BCUT2D eigenvalue weighted by Crippen LogP contribution is 2.23. The van der Waals surface area contributed by atoms with Crippen LogP contribution in [0.4, 0.5) is 10.2 Å². The smallest absolute Gasteiger partial charge is 0.129 e. The number of benzene rings is 1. The molecule has 0 atom stereocenters. The quantitative estimate of drug-likeness (QED) is 0.871. The Labute approximate surface area is 118 Å². The summed E-state index contributed by atoms with van der Waals surface area (Å²) in [7, 11) is 0. The van der Waals surface area contributed by atoms with Gasteiger partial charge in [0.1, 0.15) is 11.6 Å². The number of hydrogen-bond acceptors (Lipinski definition) is 3. The molecular weight excluding hydrogens is 265 g/mol. The summed E-state index contributed by atoms with van der Waals surface area (Å²) in [5, 5.41) is 4.22. The number of aryl methyl sites for hydroxylation is 1. The summed E-state index contributed by atoms with van der Waals surface area (Å²) in [6.45, 7) is 5.93. The molecule has 0 bridgehead atoms. The van der Waals surface area contributed by atoms with Gasteiger partial charge in [-0.1, -0.05) is 0 Å². The summed E-state index contributed by atoms with van der Waals surface area (Å²) >= 11 is 0. The van der Waals surface area contributed by atoms with Crippen molar-refractivity contribution in [3.63, 3.8) is 0 Å². The maximum Gasteiger partial charge on any atom is 0.129 e. The first-order chi connectivity index (χ1) is 8.74. The minimum Gasteiger partial charge on any atom is -0.354 e. The molecule has 1 aromatic heterocycles. The van der Waals surface area contributed by atoms with E-state index in [2.05, 4.69) is 15.2 Å². The molecule has 1 fully saturated rings. The van der Waals surface area contributed by atoms with Gasteiger partial charge in [-0.3, -0.25) is 0 Å². The lowest BCUT2D eigenvalue weighted by Gasteiger charge is -2.28. The van der Waals surface area contributed by atoms with Crippen LogP contribution in [0.15, 0.2) is 24.3 Å². The van der Waals surface area contributed by atoms with E-state index < -0.39 is 0 Å². The molecule has 3 nitrogen and oxygen atoms in total. The molecule has 3 rings (SSSR count). The predicted octanol–water partition coefficient (Wildman–Crippen LogP) is 2.51. The third-order valence-corrected chi connectivity index (χ3v) is 3.41. The normalized spacial score (nSPS) is 15.4. The van der Waals surface area contributed by atoms with Crippen LogP contribution in [0, 0.1) is 12.7 Å². The number of piperazine rings is 1. The van der Waals surface area contributed by atoms with E-state index in [-0.39, 0.29) is 18.2 Å². The molecule has 1 N–H and O–H groups in total. The minimum absolute atomic E-state index is 0. The topological polar surface area (TPSA) is 28.2 Å². The van der Waals surface area contributed by atoms with Crippen LogP contribution in [-0.4, -0.2) is 31.2 Å². The van der Waals surface area contributed by atoms with E-state index >= 15 is 0 Å². The molecule has 0 amide bonds. The number of anilines is 1. The summed E-state index contributed by atoms with van der Waals surface area (Å²) < 4.78 is 13.2. The van der Waals surface area contributed by atoms with E-state index in [4.69, 9.17) is 0 Å². The highest BCUT2D eigenvalue weighted by atomic mass is 35.5. The monoisotopic (exact) mass is 281 g/mol. The van der Waals surface area contributed by atoms with E-state index in [0.717, 1.165) is 48.5 Å². The fourth-order valence-electron chi connectivity index (χ4n) is 2.40. The van der Waals surface area contributed by atoms with Crippen LogP contribution < -0.4 is 10.2 Å². The van der Waals surface area contributed by atoms with Gasteiger partial charge in [0.15, 0.2) is 0 Å². The van der Waals surface area contributed by atoms with Crippen molar-refractivity contribution in [2.75, 3.05) is 31.1 Å². The third-order valence-electron chi connectivity index (χ3n) is 3.41. The molecule has 0 unspecified atom stereocenters. The van der Waals surface area contributed by atoms with Crippen molar-refractivity contribution in [3.05, 3.63) is 35.6 Å². The fourth-order valence-corrected chi connectivity index (χ4v) is 2.40. The first kappa shape index (κ1) is 14.0. The zero-order chi connectivity index (χ0) is 12.5. The number of halogens is 2. The molecular formula is C14H17ClFN3. The Kier molecular flexibility index (Phi) is 4.22. The van der Waals surface area contributed by atoms with Gasteiger partial charge in [-0.05, 0) is 36.8 Å². The molecule has 0 spiro atoms. The van der Waals surface area contributed by atoms with Crippen molar-refractivity contribution in [1.82, 2.24) is 10.3 Å². The van der Waals surface area contributed by atoms with Crippen molar-refractivity contribution in [1.29, 1.82) is 0 Å². The number of pyridine rings is 1. The van der Waals surface area contributed by atoms with Gasteiger partial charge in [-0.25, -0.2) is 9.37 Å². The van der Waals surface area contributed by atoms with Crippen LogP contribution in [0.5, 0.6) is 0 Å². The maximum absolute atomic E-state index is 13.2. The zero-order valence-corrected chi connectivity index (χ0v) is 11.6. The SMILES string of the molecule is Cc1cc(N2CCNCC2)nc2ccc(F)cc12.Cl. The molecule has 1 aliphatic heterocycles. The molecule has 1 aromatic carbocycles. The van der Waals surface area contributed by atoms with Gasteiger partial charge < -0.3 is 10.2 Å². The number of nitrogens with zero attached hydrogens (tertiary/aromatic N) is 2. The van der Waals surface area contributed by atoms with Gasteiger partial charge >= 0.3 is 0 Å². The van der Waals surface area contributed by atoms with Gasteiger partial charge in [0.05, 0.1) is 5.52 Å². The van der Waals surface area contributed by atoms with Gasteiger partial charge in [-0.2, -0.15) is 0 Å². The minimum atomic E-state index is -0.206. The molecule has 5 heteroatoms. The summed E-state index contributed by atoms with van der Waals surface area (Å²) in [4.78, 5) is 6.90. The highest BCUT2D eigenvalue weighted by Gasteiger charge is 2.13. The molecule has 1 aliphatic rings. The Morgan fingerprint density at radius 3 is 2.68 bits per heavy atom. The van der Waals surface area contributed by atoms with Crippen LogP contribution in [0.3, 0.4) is 0 Å². The average molecular weight is 282 g/mol. The maximum atomic E-state index is 13.2. The lowest BCUT2D eigenvalue weighted by Crippen LogP contribution is -2.43. The Morgan fingerprint density at radius 1 is 1.21 bits per heavy atom. The number of aromatic nitrogens is 1. The number of fused-ring (bicyclic) bond motifs is 1. The van der Waals surface area contributed by atoms with Gasteiger partial charge in [0.25, 0.3) is 0 Å². The van der Waals surface area contributed by atoms with E-state index in [1.807, 2.05) is 13.0 Å². The predicted molar refractivity (Wildman–Crippen MR) is 78.8 cm³/mol. The van der Waals surface area contributed by atoms with Crippen molar-refractivity contribution >= 4 is 29.1 Å². The molecule has 0 radical (unpaired) electrons. The van der Waals surface area contributed by atoms with Crippen molar-refractivity contribution in [2.45, 2.75) is 6.92 Å². The highest BCUT2D eigenvalue weighted by molar-refractivity contribution is 5.85. The lowest BCUT2D eigenvalue weighted by atomic mass is 10.1. The van der Waals surface area contributed by atoms with Crippen molar-refractivity contribution in [2.24, 2.45) is 0 Å². The molecule has 0 saturated carbocycles. The number of rotatable bonds is 1. The fraction of sp³-hybridized carbons (Fsp3) is 0.357. The Morgan fingerprint density at radius 2 is 1.95 bits per heavy atom. The molecule has 2 aromatic rings. The van der Waals surface area contributed by atoms with E-state index in [9.17, 15) is 4.39 Å². The zero-order valence-electron chi connectivity index (χ0n) is 10.8. The molecule has 19 heavy (non-hydrogen) atoms. The third kappa shape index (κ3) is 2.80. The summed E-state index contributed by atoms with van der Waals surface area (Å²) in [5.74, 6) is 0.787. The standard InChI is InChI=1S/C14H16FN3.ClH/c1-10-8-14(18-6-4-16-5-7-18)17-13-3-2-11(15)9-12(10)13;/h2-3,8-9,16H,4-7H2,1H3;1H. The molecule has 1 saturated heterocycles. The average Bonchev–Trinajstić information content (AvgIpc) is 2.40. The van der Waals surface area contributed by atoms with E-state index in [1.165, 1.54) is 6.07 Å². The summed E-state index contributed by atoms with van der Waals surface area (Å²) in [6, 6.07) is 6.83. The Bertz CT molecular complexity index is 582. The second-order valence-electron chi connectivity index (χ2n) is 4.70. The number of hydrogen-bond donors (Lipinski definition) is 1. The first-order valence-electron chi connectivity index (χ1n) is 6.26.